The highest BCUT2D eigenvalue weighted by Crippen LogP contribution is 2.02. The molecule has 3 amide bonds. The molecule has 0 aromatic heterocycles. The van der Waals surface area contributed by atoms with Crippen LogP contribution in [0.1, 0.15) is 18.4 Å². The molecule has 0 aliphatic carbocycles. The van der Waals surface area contributed by atoms with Crippen molar-refractivity contribution >= 4 is 17.9 Å². The van der Waals surface area contributed by atoms with Crippen LogP contribution in [0, 0.1) is 0 Å². The molecule has 2 rings (SSSR count). The van der Waals surface area contributed by atoms with Crippen LogP contribution in [0.5, 0.6) is 0 Å². The van der Waals surface area contributed by atoms with E-state index < -0.39 is 6.09 Å². The Hall–Kier alpha value is -2.57. The molecular weight excluding hydrogens is 298 g/mol. The number of ether oxygens (including phenoxy) is 1. The van der Waals surface area contributed by atoms with Crippen LogP contribution < -0.4 is 10.6 Å². The first kappa shape index (κ1) is 16.8. The van der Waals surface area contributed by atoms with Crippen molar-refractivity contribution in [1.29, 1.82) is 0 Å². The number of hydrogen-bond donors (Lipinski definition) is 2. The molecule has 1 aliphatic heterocycles. The van der Waals surface area contributed by atoms with Gasteiger partial charge in [-0.2, -0.15) is 0 Å². The van der Waals surface area contributed by atoms with Crippen LogP contribution in [0.15, 0.2) is 30.3 Å². The molecule has 1 aromatic carbocycles. The maximum atomic E-state index is 11.9. The summed E-state index contributed by atoms with van der Waals surface area (Å²) in [7, 11) is 0. The molecule has 7 nitrogen and oxygen atoms in total. The van der Waals surface area contributed by atoms with Crippen LogP contribution in [0.2, 0.25) is 0 Å². The van der Waals surface area contributed by atoms with Crippen LogP contribution in [-0.4, -0.2) is 49.0 Å². The molecule has 7 heteroatoms. The number of piperazine rings is 1. The summed E-state index contributed by atoms with van der Waals surface area (Å²) in [4.78, 5) is 36.2. The number of rotatable bonds is 6. The number of benzene rings is 1. The van der Waals surface area contributed by atoms with Gasteiger partial charge in [-0.05, 0) is 12.0 Å². The van der Waals surface area contributed by atoms with Crippen molar-refractivity contribution < 1.29 is 19.1 Å². The first-order valence-corrected chi connectivity index (χ1v) is 7.64. The minimum absolute atomic E-state index is 0.0701. The summed E-state index contributed by atoms with van der Waals surface area (Å²) < 4.78 is 5.07. The van der Waals surface area contributed by atoms with Crippen LogP contribution in [-0.2, 0) is 20.9 Å². The fraction of sp³-hybridized carbons (Fsp3) is 0.438. The SMILES string of the molecule is O=C1CN(C(=O)CCCNC(=O)OCc2ccccc2)CCN1. The second-order valence-electron chi connectivity index (χ2n) is 5.26. The van der Waals surface area contributed by atoms with Gasteiger partial charge in [0.1, 0.15) is 6.61 Å². The molecule has 124 valence electrons. The lowest BCUT2D eigenvalue weighted by Crippen LogP contribution is -2.50. The molecule has 1 fully saturated rings. The Bertz CT molecular complexity index is 548. The summed E-state index contributed by atoms with van der Waals surface area (Å²) in [5.41, 5.74) is 0.918. The predicted octanol–water partition coefficient (Wildman–Crippen LogP) is 0.651. The monoisotopic (exact) mass is 319 g/mol. The number of carbonyl (C=O) groups excluding carboxylic acids is 3. The molecule has 0 atom stereocenters. The second-order valence-corrected chi connectivity index (χ2v) is 5.26. The van der Waals surface area contributed by atoms with E-state index in [1.807, 2.05) is 30.3 Å². The van der Waals surface area contributed by atoms with E-state index in [4.69, 9.17) is 4.74 Å². The zero-order chi connectivity index (χ0) is 16.5. The molecule has 0 unspecified atom stereocenters. The zero-order valence-corrected chi connectivity index (χ0v) is 12.9. The first-order valence-electron chi connectivity index (χ1n) is 7.64. The fourth-order valence-corrected chi connectivity index (χ4v) is 2.21. The lowest BCUT2D eigenvalue weighted by Gasteiger charge is -2.26. The highest BCUT2D eigenvalue weighted by molar-refractivity contribution is 5.85. The summed E-state index contributed by atoms with van der Waals surface area (Å²) in [5.74, 6) is -0.202. The van der Waals surface area contributed by atoms with E-state index in [-0.39, 0.29) is 25.0 Å². The quantitative estimate of drug-likeness (QED) is 0.754. The third kappa shape index (κ3) is 5.98. The van der Waals surface area contributed by atoms with E-state index in [1.165, 1.54) is 4.90 Å². The van der Waals surface area contributed by atoms with Gasteiger partial charge >= 0.3 is 6.09 Å². The number of carbonyl (C=O) groups is 3. The highest BCUT2D eigenvalue weighted by Gasteiger charge is 2.20. The van der Waals surface area contributed by atoms with E-state index in [0.29, 0.717) is 32.5 Å². The smallest absolute Gasteiger partial charge is 0.407 e. The van der Waals surface area contributed by atoms with Crippen LogP contribution in [0.3, 0.4) is 0 Å². The van der Waals surface area contributed by atoms with Crippen molar-refractivity contribution in [2.24, 2.45) is 0 Å². The minimum Gasteiger partial charge on any atom is -0.445 e. The number of nitrogens with one attached hydrogen (secondary N) is 2. The Balaban J connectivity index is 1.56. The van der Waals surface area contributed by atoms with Gasteiger partial charge in [-0.25, -0.2) is 4.79 Å². The van der Waals surface area contributed by atoms with E-state index in [2.05, 4.69) is 10.6 Å². The number of nitrogens with zero attached hydrogens (tertiary/aromatic N) is 1. The predicted molar refractivity (Wildman–Crippen MR) is 83.5 cm³/mol. The Morgan fingerprint density at radius 3 is 2.78 bits per heavy atom. The summed E-state index contributed by atoms with van der Waals surface area (Å²) >= 11 is 0. The van der Waals surface area contributed by atoms with E-state index in [1.54, 1.807) is 0 Å². The summed E-state index contributed by atoms with van der Waals surface area (Å²) in [5, 5.41) is 5.28. The third-order valence-electron chi connectivity index (χ3n) is 3.44. The lowest BCUT2D eigenvalue weighted by molar-refractivity contribution is -0.138. The van der Waals surface area contributed by atoms with Crippen molar-refractivity contribution in [3.63, 3.8) is 0 Å². The Morgan fingerprint density at radius 2 is 2.04 bits per heavy atom. The summed E-state index contributed by atoms with van der Waals surface area (Å²) in [6.07, 6.45) is 0.308. The van der Waals surface area contributed by atoms with Crippen molar-refractivity contribution in [1.82, 2.24) is 15.5 Å². The van der Waals surface area contributed by atoms with Gasteiger partial charge in [-0.3, -0.25) is 9.59 Å². The van der Waals surface area contributed by atoms with Crippen molar-refractivity contribution in [2.75, 3.05) is 26.2 Å². The average molecular weight is 319 g/mol. The largest absolute Gasteiger partial charge is 0.445 e. The molecule has 0 spiro atoms. The Kier molecular flexibility index (Phi) is 6.40. The van der Waals surface area contributed by atoms with Gasteiger partial charge in [0.05, 0.1) is 6.54 Å². The van der Waals surface area contributed by atoms with Crippen LogP contribution in [0.4, 0.5) is 4.79 Å². The topological polar surface area (TPSA) is 87.7 Å². The standard InChI is InChI=1S/C16H21N3O4/c20-14-11-19(10-9-17-14)15(21)7-4-8-18-16(22)23-12-13-5-2-1-3-6-13/h1-3,5-6H,4,7-12H2,(H,17,20)(H,18,22). The molecule has 1 saturated heterocycles. The maximum absolute atomic E-state index is 11.9. The normalized spacial score (nSPS) is 14.1. The third-order valence-corrected chi connectivity index (χ3v) is 3.44. The fourth-order valence-electron chi connectivity index (χ4n) is 2.21. The Morgan fingerprint density at radius 1 is 1.26 bits per heavy atom. The average Bonchev–Trinajstić information content (AvgIpc) is 2.57. The summed E-state index contributed by atoms with van der Waals surface area (Å²) in [6, 6.07) is 9.40. The van der Waals surface area contributed by atoms with Gasteiger partial charge in [-0.1, -0.05) is 30.3 Å². The molecule has 1 aliphatic rings. The molecule has 1 aromatic rings. The van der Waals surface area contributed by atoms with Crippen molar-refractivity contribution in [2.45, 2.75) is 19.4 Å². The van der Waals surface area contributed by atoms with Crippen LogP contribution in [0.25, 0.3) is 0 Å². The van der Waals surface area contributed by atoms with Gasteiger partial charge in [0.25, 0.3) is 0 Å². The molecular formula is C16H21N3O4. The van der Waals surface area contributed by atoms with Crippen molar-refractivity contribution in [3.05, 3.63) is 35.9 Å². The van der Waals surface area contributed by atoms with Gasteiger partial charge in [0.2, 0.25) is 11.8 Å². The van der Waals surface area contributed by atoms with E-state index in [9.17, 15) is 14.4 Å². The number of amides is 3. The number of alkyl carbamates (subject to hydrolysis) is 1. The number of hydrogen-bond acceptors (Lipinski definition) is 4. The molecule has 1 heterocycles. The Labute approximate surface area is 135 Å². The van der Waals surface area contributed by atoms with Gasteiger partial charge in [0.15, 0.2) is 0 Å². The molecule has 2 N–H and O–H groups in total. The van der Waals surface area contributed by atoms with Gasteiger partial charge in [-0.15, -0.1) is 0 Å². The molecule has 23 heavy (non-hydrogen) atoms. The van der Waals surface area contributed by atoms with E-state index in [0.717, 1.165) is 5.56 Å². The van der Waals surface area contributed by atoms with Crippen molar-refractivity contribution in [3.8, 4) is 0 Å². The van der Waals surface area contributed by atoms with Crippen LogP contribution >= 0.6 is 0 Å². The molecule has 0 saturated carbocycles. The lowest BCUT2D eigenvalue weighted by atomic mass is 10.2. The zero-order valence-electron chi connectivity index (χ0n) is 12.9. The maximum Gasteiger partial charge on any atom is 0.407 e. The van der Waals surface area contributed by atoms with Gasteiger partial charge in [0, 0.05) is 26.1 Å². The molecule has 0 radical (unpaired) electrons. The minimum atomic E-state index is -0.501. The molecule has 0 bridgehead atoms. The second kappa shape index (κ2) is 8.77. The summed E-state index contributed by atoms with van der Waals surface area (Å²) in [6.45, 7) is 1.73. The van der Waals surface area contributed by atoms with E-state index >= 15 is 0 Å². The highest BCUT2D eigenvalue weighted by atomic mass is 16.5. The first-order chi connectivity index (χ1) is 11.1. The van der Waals surface area contributed by atoms with Gasteiger partial charge < -0.3 is 20.3 Å².